The van der Waals surface area contributed by atoms with Crippen LogP contribution in [0.2, 0.25) is 5.15 Å². The first-order valence-corrected chi connectivity index (χ1v) is 19.0. The van der Waals surface area contributed by atoms with Crippen LogP contribution in [-0.2, 0) is 21.3 Å². The second-order valence-electron chi connectivity index (χ2n) is 15.2. The number of nitrogens with zero attached hydrogens (tertiary/aromatic N) is 6. The lowest BCUT2D eigenvalue weighted by Crippen LogP contribution is -2.45. The van der Waals surface area contributed by atoms with E-state index in [4.69, 9.17) is 21.1 Å². The molecule has 1 aliphatic heterocycles. The Balaban J connectivity index is 1.12. The third-order valence-electron chi connectivity index (χ3n) is 9.54. The molecule has 13 nitrogen and oxygen atoms in total. The molecule has 1 N–H and O–H groups in total. The summed E-state index contributed by atoms with van der Waals surface area (Å²) >= 11 is 6.27. The fraction of sp³-hybridized carbons (Fsp3) is 0.618. The Hall–Kier alpha value is -3.86. The van der Waals surface area contributed by atoms with Crippen molar-refractivity contribution in [3.8, 4) is 11.7 Å². The van der Waals surface area contributed by atoms with E-state index in [1.165, 1.54) is 35.3 Å². The summed E-state index contributed by atoms with van der Waals surface area (Å²) in [6.07, 6.45) is 1.40. The normalized spacial score (nSPS) is 18.3. The van der Waals surface area contributed by atoms with E-state index in [1.54, 1.807) is 16.5 Å². The van der Waals surface area contributed by atoms with Crippen molar-refractivity contribution in [2.75, 3.05) is 13.2 Å². The molecule has 52 heavy (non-hydrogen) atoms. The summed E-state index contributed by atoms with van der Waals surface area (Å²) in [6.45, 7) is 12.1. The molecule has 3 aromatic rings. The molecule has 0 bridgehead atoms. The van der Waals surface area contributed by atoms with Crippen molar-refractivity contribution in [3.05, 3.63) is 47.0 Å². The molecule has 2 amide bonds. The van der Waals surface area contributed by atoms with E-state index >= 15 is 0 Å². The molecular weight excluding hydrogens is 727 g/mol. The molecule has 2 fully saturated rings. The van der Waals surface area contributed by atoms with Crippen LogP contribution in [0.3, 0.4) is 0 Å². The number of rotatable bonds is 13. The van der Waals surface area contributed by atoms with Gasteiger partial charge < -0.3 is 14.4 Å². The quantitative estimate of drug-likeness (QED) is 0.145. The minimum absolute atomic E-state index is 0.0848. The molecule has 5 rings (SSSR count). The second kappa shape index (κ2) is 14.5. The Morgan fingerprint density at radius 2 is 1.83 bits per heavy atom. The molecule has 1 atom stereocenters. The zero-order valence-electron chi connectivity index (χ0n) is 30.1. The van der Waals surface area contributed by atoms with Crippen LogP contribution >= 0.6 is 11.6 Å². The summed E-state index contributed by atoms with van der Waals surface area (Å²) in [7, 11) is -4.32. The molecule has 1 saturated carbocycles. The van der Waals surface area contributed by atoms with E-state index in [9.17, 15) is 31.2 Å². The fourth-order valence-electron chi connectivity index (χ4n) is 6.47. The summed E-state index contributed by atoms with van der Waals surface area (Å²) in [4.78, 5) is 31.5. The van der Waals surface area contributed by atoms with Gasteiger partial charge in [-0.2, -0.15) is 18.3 Å². The number of halogens is 4. The summed E-state index contributed by atoms with van der Waals surface area (Å²) < 4.78 is 81.8. The van der Waals surface area contributed by atoms with Crippen molar-refractivity contribution in [1.29, 1.82) is 0 Å². The second-order valence-corrected chi connectivity index (χ2v) is 17.2. The summed E-state index contributed by atoms with van der Waals surface area (Å²) in [6, 6.07) is 4.13. The van der Waals surface area contributed by atoms with Crippen LogP contribution in [0.15, 0.2) is 35.5 Å². The predicted molar refractivity (Wildman–Crippen MR) is 185 cm³/mol. The number of carbonyl (C=O) groups excluding carboxylic acids is 2. The van der Waals surface area contributed by atoms with Gasteiger partial charge in [0.15, 0.2) is 5.82 Å². The zero-order valence-corrected chi connectivity index (χ0v) is 31.7. The third-order valence-corrected chi connectivity index (χ3v) is 11.3. The number of hydrogen-bond donors (Lipinski definition) is 1. The number of sulfonamides is 1. The van der Waals surface area contributed by atoms with Crippen LogP contribution in [0.4, 0.5) is 18.0 Å². The van der Waals surface area contributed by atoms with Crippen molar-refractivity contribution < 1.29 is 40.7 Å². The maximum atomic E-state index is 13.2. The van der Waals surface area contributed by atoms with Crippen LogP contribution in [0.1, 0.15) is 95.6 Å². The molecule has 0 aromatic carbocycles. The maximum absolute atomic E-state index is 13.2. The number of unbranched alkanes of at least 4 members (excludes halogenated alkanes) is 1. The first kappa shape index (κ1) is 39.3. The molecule has 18 heteroatoms. The summed E-state index contributed by atoms with van der Waals surface area (Å²) in [5.41, 5.74) is -2.41. The molecule has 1 unspecified atom stereocenters. The smallest absolute Gasteiger partial charge is 0.410 e. The Morgan fingerprint density at radius 3 is 2.46 bits per heavy atom. The van der Waals surface area contributed by atoms with Gasteiger partial charge in [0.25, 0.3) is 15.9 Å². The highest BCUT2D eigenvalue weighted by Gasteiger charge is 2.62. The van der Waals surface area contributed by atoms with Gasteiger partial charge in [-0.25, -0.2) is 27.6 Å². The molecule has 0 spiro atoms. The van der Waals surface area contributed by atoms with E-state index in [2.05, 4.69) is 15.2 Å². The summed E-state index contributed by atoms with van der Waals surface area (Å²) in [5.74, 6) is -0.431. The van der Waals surface area contributed by atoms with Crippen molar-refractivity contribution in [1.82, 2.24) is 34.2 Å². The summed E-state index contributed by atoms with van der Waals surface area (Å²) in [5, 5.41) is 8.10. The van der Waals surface area contributed by atoms with Gasteiger partial charge in [-0.15, -0.1) is 5.10 Å². The van der Waals surface area contributed by atoms with Crippen molar-refractivity contribution in [3.63, 3.8) is 0 Å². The van der Waals surface area contributed by atoms with E-state index in [0.717, 1.165) is 25.7 Å². The van der Waals surface area contributed by atoms with Crippen molar-refractivity contribution in [2.24, 2.45) is 11.3 Å². The number of ether oxygens (including phenoxy) is 2. The highest BCUT2D eigenvalue weighted by Crippen LogP contribution is 2.59. The van der Waals surface area contributed by atoms with E-state index < -0.39 is 33.1 Å². The van der Waals surface area contributed by atoms with Gasteiger partial charge in [0, 0.05) is 30.9 Å². The standard InChI is InChI=1S/C34H45ClF3N7O6S/c1-22-25(20-39-44(22)16-8-7-9-23-19-32(5,6)43(21-23)30(47)51-31(2,3)4)52(48,49)42-29(46)24-10-11-26(40-28(24)35)45-17-12-27(41-45)50-18-15-33(13-14-33)34(36,37)38/h10-12,17,20,23H,7-9,13-16,18-19,21H2,1-6H3,(H,42,46). The Morgan fingerprint density at radius 1 is 1.12 bits per heavy atom. The van der Waals surface area contributed by atoms with Crippen LogP contribution in [0, 0.1) is 18.3 Å². The number of amides is 2. The van der Waals surface area contributed by atoms with Gasteiger partial charge in [-0.1, -0.05) is 18.0 Å². The number of aromatic nitrogens is 5. The number of aryl methyl sites for hydroxylation is 1. The van der Waals surface area contributed by atoms with E-state index in [0.29, 0.717) is 24.7 Å². The van der Waals surface area contributed by atoms with Gasteiger partial charge in [0.2, 0.25) is 5.88 Å². The number of carbonyl (C=O) groups is 2. The zero-order chi connectivity index (χ0) is 38.3. The molecule has 2 aliphatic rings. The van der Waals surface area contributed by atoms with Gasteiger partial charge in [-0.3, -0.25) is 9.48 Å². The van der Waals surface area contributed by atoms with Crippen LogP contribution < -0.4 is 9.46 Å². The first-order chi connectivity index (χ1) is 24.1. The highest BCUT2D eigenvalue weighted by atomic mass is 35.5. The molecule has 0 radical (unpaired) electrons. The monoisotopic (exact) mass is 771 g/mol. The number of hydrogen-bond acceptors (Lipinski definition) is 9. The first-order valence-electron chi connectivity index (χ1n) is 17.1. The Kier molecular flexibility index (Phi) is 11.0. The van der Waals surface area contributed by atoms with Crippen LogP contribution in [0.25, 0.3) is 5.82 Å². The van der Waals surface area contributed by atoms with Gasteiger partial charge in [0.1, 0.15) is 15.6 Å². The SMILES string of the molecule is Cc1c(S(=O)(=O)NC(=O)c2ccc(-n3ccc(OCCC4(C(F)(F)F)CC4)n3)nc2Cl)cnn1CCCCC1CN(C(=O)OC(C)(C)C)C(C)(C)C1. The average Bonchev–Trinajstić information content (AvgIpc) is 3.34. The molecule has 286 valence electrons. The minimum atomic E-state index is -4.32. The predicted octanol–water partition coefficient (Wildman–Crippen LogP) is 6.86. The molecular formula is C34H45ClF3N7O6S. The maximum Gasteiger partial charge on any atom is 0.410 e. The number of likely N-dealkylation sites (tertiary alicyclic amines) is 1. The minimum Gasteiger partial charge on any atom is -0.477 e. The molecule has 1 aliphatic carbocycles. The number of pyridine rings is 1. The number of nitrogens with one attached hydrogen (secondary N) is 1. The third kappa shape index (κ3) is 9.01. The Labute approximate surface area is 306 Å². The number of alkyl halides is 3. The van der Waals surface area contributed by atoms with E-state index in [-0.39, 0.29) is 64.8 Å². The lowest BCUT2D eigenvalue weighted by Gasteiger charge is -2.33. The largest absolute Gasteiger partial charge is 0.477 e. The molecule has 4 heterocycles. The highest BCUT2D eigenvalue weighted by molar-refractivity contribution is 7.90. The van der Waals surface area contributed by atoms with Crippen molar-refractivity contribution >= 4 is 33.6 Å². The lowest BCUT2D eigenvalue weighted by molar-refractivity contribution is -0.190. The fourth-order valence-corrected chi connectivity index (χ4v) is 7.85. The van der Waals surface area contributed by atoms with E-state index in [1.807, 2.05) is 39.3 Å². The van der Waals surface area contributed by atoms with Crippen LogP contribution in [0.5, 0.6) is 5.88 Å². The Bertz CT molecular complexity index is 1900. The topological polar surface area (TPSA) is 151 Å². The van der Waals surface area contributed by atoms with Crippen LogP contribution in [-0.4, -0.2) is 80.3 Å². The van der Waals surface area contributed by atoms with Gasteiger partial charge in [-0.05, 0) is 98.1 Å². The van der Waals surface area contributed by atoms with Gasteiger partial charge >= 0.3 is 12.3 Å². The lowest BCUT2D eigenvalue weighted by atomic mass is 9.93. The molecule has 1 saturated heterocycles. The van der Waals surface area contributed by atoms with Crippen molar-refractivity contribution in [2.45, 2.75) is 115 Å². The molecule has 3 aromatic heterocycles. The van der Waals surface area contributed by atoms with Gasteiger partial charge in [0.05, 0.1) is 29.5 Å². The average molecular weight is 772 g/mol.